The third kappa shape index (κ3) is 3.02. The first-order chi connectivity index (χ1) is 9.85. The molecule has 0 amide bonds. The second kappa shape index (κ2) is 6.02. The summed E-state index contributed by atoms with van der Waals surface area (Å²) in [6.07, 6.45) is 0. The van der Waals surface area contributed by atoms with E-state index in [-0.39, 0.29) is 5.82 Å². The van der Waals surface area contributed by atoms with Gasteiger partial charge in [-0.3, -0.25) is 0 Å². The van der Waals surface area contributed by atoms with E-state index in [1.54, 1.807) is 6.92 Å². The number of pyridine rings is 1. The average Bonchev–Trinajstić information content (AvgIpc) is 2.44. The number of aryl methyl sites for hydroxylation is 2. The van der Waals surface area contributed by atoms with Crippen LogP contribution in [0.4, 0.5) is 15.9 Å². The Hall–Kier alpha value is -1.62. The molecule has 2 rings (SSSR count). The number of hydrogen-bond acceptors (Lipinski definition) is 3. The number of nitrogens with zero attached hydrogens (tertiary/aromatic N) is 1. The maximum atomic E-state index is 14.0. The summed E-state index contributed by atoms with van der Waals surface area (Å²) in [5, 5.41) is 3.21. The molecule has 21 heavy (non-hydrogen) atoms. The molecule has 0 radical (unpaired) electrons. The molecule has 0 aliphatic carbocycles. The highest BCUT2D eigenvalue weighted by Gasteiger charge is 2.15. The summed E-state index contributed by atoms with van der Waals surface area (Å²) in [5.74, 6) is 0.873. The van der Waals surface area contributed by atoms with Crippen LogP contribution in [0, 0.1) is 33.5 Å². The maximum absolute atomic E-state index is 14.0. The van der Waals surface area contributed by atoms with Crippen molar-refractivity contribution in [1.82, 2.24) is 4.98 Å². The van der Waals surface area contributed by atoms with Gasteiger partial charge in [-0.05, 0) is 55.3 Å². The zero-order chi connectivity index (χ0) is 15.7. The number of rotatable bonds is 3. The van der Waals surface area contributed by atoms with Gasteiger partial charge in [0.05, 0.1) is 17.3 Å². The molecular formula is C16H18BrFN2O. The Morgan fingerprint density at radius 2 is 1.81 bits per heavy atom. The van der Waals surface area contributed by atoms with E-state index in [1.165, 1.54) is 13.2 Å². The zero-order valence-electron chi connectivity index (χ0n) is 12.8. The number of aromatic nitrogens is 1. The van der Waals surface area contributed by atoms with Gasteiger partial charge in [-0.25, -0.2) is 9.37 Å². The van der Waals surface area contributed by atoms with Crippen molar-refractivity contribution in [3.05, 3.63) is 44.8 Å². The van der Waals surface area contributed by atoms with Crippen molar-refractivity contribution in [3.8, 4) is 5.75 Å². The Balaban J connectivity index is 2.54. The van der Waals surface area contributed by atoms with Crippen LogP contribution in [0.5, 0.6) is 5.75 Å². The number of benzene rings is 1. The van der Waals surface area contributed by atoms with E-state index < -0.39 is 0 Å². The molecule has 0 spiro atoms. The topological polar surface area (TPSA) is 34.1 Å². The fourth-order valence-electron chi connectivity index (χ4n) is 2.13. The molecule has 0 atom stereocenters. The van der Waals surface area contributed by atoms with Crippen LogP contribution in [0.15, 0.2) is 16.6 Å². The van der Waals surface area contributed by atoms with Gasteiger partial charge in [-0.1, -0.05) is 0 Å². The summed E-state index contributed by atoms with van der Waals surface area (Å²) in [5.41, 5.74) is 4.10. The standard InChI is InChI=1S/C16H18BrFN2O/c1-8-6-12(17)16(19-11(8)4)20-15-9(2)13(18)7-14(21-5)10(15)3/h6-7H,1-5H3,(H,19,20). The molecule has 2 aromatic rings. The minimum absolute atomic E-state index is 0.306. The van der Waals surface area contributed by atoms with Crippen molar-refractivity contribution < 1.29 is 9.13 Å². The minimum Gasteiger partial charge on any atom is -0.496 e. The van der Waals surface area contributed by atoms with Crippen molar-refractivity contribution >= 4 is 27.4 Å². The third-order valence-electron chi connectivity index (χ3n) is 3.62. The van der Waals surface area contributed by atoms with Crippen LogP contribution >= 0.6 is 15.9 Å². The van der Waals surface area contributed by atoms with Gasteiger partial charge in [0.2, 0.25) is 0 Å². The average molecular weight is 353 g/mol. The summed E-state index contributed by atoms with van der Waals surface area (Å²) < 4.78 is 20.1. The second-order valence-electron chi connectivity index (χ2n) is 5.03. The van der Waals surface area contributed by atoms with Gasteiger partial charge >= 0.3 is 0 Å². The molecule has 0 aliphatic heterocycles. The summed E-state index contributed by atoms with van der Waals surface area (Å²) >= 11 is 3.49. The van der Waals surface area contributed by atoms with Crippen LogP contribution in [-0.4, -0.2) is 12.1 Å². The predicted molar refractivity (Wildman–Crippen MR) is 87.1 cm³/mol. The van der Waals surface area contributed by atoms with E-state index in [2.05, 4.69) is 26.2 Å². The van der Waals surface area contributed by atoms with Gasteiger partial charge in [0.1, 0.15) is 17.4 Å². The largest absolute Gasteiger partial charge is 0.496 e. The zero-order valence-corrected chi connectivity index (χ0v) is 14.4. The van der Waals surface area contributed by atoms with Crippen LogP contribution in [0.25, 0.3) is 0 Å². The maximum Gasteiger partial charge on any atom is 0.145 e. The number of methoxy groups -OCH3 is 1. The molecule has 0 unspecified atom stereocenters. The lowest BCUT2D eigenvalue weighted by atomic mass is 10.1. The molecule has 0 saturated heterocycles. The molecule has 1 aromatic carbocycles. The Bertz CT molecular complexity index is 701. The predicted octanol–water partition coefficient (Wildman–Crippen LogP) is 4.97. The fraction of sp³-hybridized carbons (Fsp3) is 0.312. The van der Waals surface area contributed by atoms with Gasteiger partial charge in [-0.2, -0.15) is 0 Å². The second-order valence-corrected chi connectivity index (χ2v) is 5.89. The van der Waals surface area contributed by atoms with E-state index >= 15 is 0 Å². The van der Waals surface area contributed by atoms with Crippen LogP contribution in [-0.2, 0) is 0 Å². The normalized spacial score (nSPS) is 10.6. The molecule has 0 saturated carbocycles. The van der Waals surface area contributed by atoms with E-state index in [1.807, 2.05) is 26.8 Å². The molecule has 0 aliphatic rings. The van der Waals surface area contributed by atoms with Gasteiger partial charge in [0.15, 0.2) is 0 Å². The molecule has 5 heteroatoms. The lowest BCUT2D eigenvalue weighted by Crippen LogP contribution is -2.04. The first-order valence-electron chi connectivity index (χ1n) is 6.59. The van der Waals surface area contributed by atoms with Gasteiger partial charge in [0, 0.05) is 22.9 Å². The molecule has 0 bridgehead atoms. The smallest absolute Gasteiger partial charge is 0.145 e. The molecular weight excluding hydrogens is 335 g/mol. The molecule has 1 N–H and O–H groups in total. The summed E-state index contributed by atoms with van der Waals surface area (Å²) in [7, 11) is 1.53. The first kappa shape index (κ1) is 15.8. The Kier molecular flexibility index (Phi) is 4.52. The van der Waals surface area contributed by atoms with E-state index in [0.29, 0.717) is 22.8 Å². The summed E-state index contributed by atoms with van der Waals surface area (Å²) in [6, 6.07) is 3.39. The van der Waals surface area contributed by atoms with Crippen LogP contribution in [0.1, 0.15) is 22.4 Å². The number of hydrogen-bond donors (Lipinski definition) is 1. The highest BCUT2D eigenvalue weighted by atomic mass is 79.9. The van der Waals surface area contributed by atoms with Crippen molar-refractivity contribution in [2.45, 2.75) is 27.7 Å². The number of nitrogens with one attached hydrogen (secondary N) is 1. The van der Waals surface area contributed by atoms with Crippen LogP contribution in [0.3, 0.4) is 0 Å². The molecule has 0 fully saturated rings. The van der Waals surface area contributed by atoms with Crippen molar-refractivity contribution in [2.75, 3.05) is 12.4 Å². The molecule has 1 heterocycles. The Morgan fingerprint density at radius 1 is 1.14 bits per heavy atom. The number of anilines is 2. The summed E-state index contributed by atoms with van der Waals surface area (Å²) in [4.78, 5) is 4.51. The number of halogens is 2. The quantitative estimate of drug-likeness (QED) is 0.846. The van der Waals surface area contributed by atoms with Crippen molar-refractivity contribution in [2.24, 2.45) is 0 Å². The third-order valence-corrected chi connectivity index (χ3v) is 4.22. The number of ether oxygens (including phenoxy) is 1. The van der Waals surface area contributed by atoms with Gasteiger partial charge in [0.25, 0.3) is 0 Å². The van der Waals surface area contributed by atoms with Crippen molar-refractivity contribution in [3.63, 3.8) is 0 Å². The minimum atomic E-state index is -0.306. The van der Waals surface area contributed by atoms with Crippen LogP contribution < -0.4 is 10.1 Å². The molecule has 1 aromatic heterocycles. The lowest BCUT2D eigenvalue weighted by Gasteiger charge is -2.17. The van der Waals surface area contributed by atoms with Crippen LogP contribution in [0.2, 0.25) is 0 Å². The Labute approximate surface area is 132 Å². The fourth-order valence-corrected chi connectivity index (χ4v) is 2.66. The van der Waals surface area contributed by atoms with Gasteiger partial charge < -0.3 is 10.1 Å². The van der Waals surface area contributed by atoms with E-state index in [0.717, 1.165) is 21.3 Å². The highest BCUT2D eigenvalue weighted by Crippen LogP contribution is 2.35. The first-order valence-corrected chi connectivity index (χ1v) is 7.39. The SMILES string of the molecule is COc1cc(F)c(C)c(Nc2nc(C)c(C)cc2Br)c1C. The van der Waals surface area contributed by atoms with Crippen molar-refractivity contribution in [1.29, 1.82) is 0 Å². The molecule has 112 valence electrons. The monoisotopic (exact) mass is 352 g/mol. The highest BCUT2D eigenvalue weighted by molar-refractivity contribution is 9.10. The summed E-state index contributed by atoms with van der Waals surface area (Å²) in [6.45, 7) is 7.57. The Morgan fingerprint density at radius 3 is 2.43 bits per heavy atom. The van der Waals surface area contributed by atoms with E-state index in [4.69, 9.17) is 4.74 Å². The van der Waals surface area contributed by atoms with E-state index in [9.17, 15) is 4.39 Å². The van der Waals surface area contributed by atoms with Gasteiger partial charge in [-0.15, -0.1) is 0 Å². The molecule has 3 nitrogen and oxygen atoms in total. The lowest BCUT2D eigenvalue weighted by molar-refractivity contribution is 0.408.